The van der Waals surface area contributed by atoms with Gasteiger partial charge in [-0.2, -0.15) is 0 Å². The van der Waals surface area contributed by atoms with Crippen molar-refractivity contribution in [2.24, 2.45) is 5.73 Å². The van der Waals surface area contributed by atoms with E-state index in [1.807, 2.05) is 48.5 Å². The summed E-state index contributed by atoms with van der Waals surface area (Å²) in [6.07, 6.45) is 0. The minimum absolute atomic E-state index is 0.0268. The molecule has 0 unspecified atom stereocenters. The molecule has 0 atom stereocenters. The van der Waals surface area contributed by atoms with Crippen molar-refractivity contribution >= 4 is 57.1 Å². The molecule has 9 heteroatoms. The van der Waals surface area contributed by atoms with E-state index in [2.05, 4.69) is 10.6 Å². The number of hydrogen-bond acceptors (Lipinski definition) is 4. The fraction of sp³-hybridized carbons (Fsp3) is 0.0800. The lowest BCUT2D eigenvalue weighted by molar-refractivity contribution is 0.0687. The Morgan fingerprint density at radius 2 is 1.68 bits per heavy atom. The van der Waals surface area contributed by atoms with Crippen molar-refractivity contribution in [3.63, 3.8) is 0 Å². The van der Waals surface area contributed by atoms with Gasteiger partial charge in [0, 0.05) is 18.7 Å². The van der Waals surface area contributed by atoms with Gasteiger partial charge in [0.1, 0.15) is 10.7 Å². The zero-order valence-corrected chi connectivity index (χ0v) is 19.6. The molecule has 4 aromatic rings. The number of hydrogen-bond donors (Lipinski definition) is 5. The molecule has 0 amide bonds. The van der Waals surface area contributed by atoms with Gasteiger partial charge in [0.15, 0.2) is 10.8 Å². The molecule has 6 N–H and O–H groups in total. The first kappa shape index (κ1) is 23.2. The average molecular weight is 491 g/mol. The number of nitrogens with zero attached hydrogens (tertiary/aromatic N) is 1. The number of rotatable bonds is 7. The Kier molecular flexibility index (Phi) is 6.76. The van der Waals surface area contributed by atoms with Gasteiger partial charge in [0.05, 0.1) is 16.6 Å². The Morgan fingerprint density at radius 1 is 0.971 bits per heavy atom. The van der Waals surface area contributed by atoms with Crippen molar-refractivity contribution in [1.29, 1.82) is 0 Å². The number of aromatic carboxylic acids is 1. The molecule has 1 aromatic heterocycles. The van der Waals surface area contributed by atoms with Crippen LogP contribution in [-0.2, 0) is 13.1 Å². The fourth-order valence-electron chi connectivity index (χ4n) is 3.83. The highest BCUT2D eigenvalue weighted by molar-refractivity contribution is 7.80. The number of carboxylic acid groups (broad SMARTS) is 1. The number of phenols is 1. The largest absolute Gasteiger partial charge is 0.507 e. The van der Waals surface area contributed by atoms with Crippen molar-refractivity contribution < 1.29 is 15.0 Å². The van der Waals surface area contributed by atoms with Gasteiger partial charge in [0.2, 0.25) is 0 Å². The highest BCUT2D eigenvalue weighted by Gasteiger charge is 2.25. The van der Waals surface area contributed by atoms with Crippen LogP contribution in [0.1, 0.15) is 27.2 Å². The summed E-state index contributed by atoms with van der Waals surface area (Å²) in [5, 5.41) is 27.5. The first-order chi connectivity index (χ1) is 16.3. The van der Waals surface area contributed by atoms with E-state index in [9.17, 15) is 15.0 Å². The Bertz CT molecular complexity index is 1400. The summed E-state index contributed by atoms with van der Waals surface area (Å²) >= 11 is 10.5. The molecular weight excluding hydrogens is 468 g/mol. The zero-order chi connectivity index (χ0) is 24.2. The molecule has 0 saturated heterocycles. The van der Waals surface area contributed by atoms with E-state index in [0.717, 1.165) is 11.1 Å². The number of anilines is 1. The Morgan fingerprint density at radius 3 is 2.38 bits per heavy atom. The van der Waals surface area contributed by atoms with Crippen molar-refractivity contribution in [3.05, 3.63) is 95.2 Å². The zero-order valence-electron chi connectivity index (χ0n) is 18.0. The van der Waals surface area contributed by atoms with Crippen LogP contribution in [0.3, 0.4) is 0 Å². The number of benzene rings is 3. The highest BCUT2D eigenvalue weighted by atomic mass is 32.1. The molecule has 7 nitrogen and oxygen atoms in total. The van der Waals surface area contributed by atoms with Crippen LogP contribution in [0.5, 0.6) is 5.75 Å². The topological polar surface area (TPSA) is 113 Å². The number of nitrogens with two attached hydrogens (primary N) is 1. The van der Waals surface area contributed by atoms with E-state index in [1.165, 1.54) is 6.07 Å². The molecule has 3 aromatic carbocycles. The molecule has 0 radical (unpaired) electrons. The van der Waals surface area contributed by atoms with Gasteiger partial charge in [-0.15, -0.1) is 0 Å². The smallest absolute Gasteiger partial charge is 0.354 e. The first-order valence-electron chi connectivity index (χ1n) is 10.4. The number of fused-ring (bicyclic) bond motifs is 1. The van der Waals surface area contributed by atoms with Crippen LogP contribution in [0.2, 0.25) is 0 Å². The van der Waals surface area contributed by atoms with Crippen molar-refractivity contribution in [2.45, 2.75) is 13.1 Å². The molecule has 0 aliphatic heterocycles. The predicted molar refractivity (Wildman–Crippen MR) is 141 cm³/mol. The van der Waals surface area contributed by atoms with Crippen molar-refractivity contribution in [1.82, 2.24) is 9.88 Å². The molecule has 0 saturated carbocycles. The molecule has 4 rings (SSSR count). The maximum atomic E-state index is 12.4. The lowest BCUT2D eigenvalue weighted by Gasteiger charge is -2.13. The summed E-state index contributed by atoms with van der Waals surface area (Å²) in [6, 6.07) is 21.9. The van der Waals surface area contributed by atoms with E-state index in [1.54, 1.807) is 22.8 Å². The average Bonchev–Trinajstić information content (AvgIpc) is 3.12. The monoisotopic (exact) mass is 490 g/mol. The van der Waals surface area contributed by atoms with Gasteiger partial charge in [-0.25, -0.2) is 4.79 Å². The molecule has 172 valence electrons. The van der Waals surface area contributed by atoms with Gasteiger partial charge >= 0.3 is 5.97 Å². The summed E-state index contributed by atoms with van der Waals surface area (Å²) in [7, 11) is 0. The van der Waals surface area contributed by atoms with Crippen molar-refractivity contribution in [2.75, 3.05) is 5.32 Å². The predicted octanol–water partition coefficient (Wildman–Crippen LogP) is 4.21. The minimum Gasteiger partial charge on any atom is -0.507 e. The third-order valence-electron chi connectivity index (χ3n) is 5.36. The van der Waals surface area contributed by atoms with Crippen LogP contribution in [0.4, 0.5) is 5.69 Å². The number of thiocarbonyl (C=S) groups is 2. The molecule has 0 aliphatic rings. The van der Waals surface area contributed by atoms with E-state index in [4.69, 9.17) is 30.2 Å². The number of carboxylic acids is 1. The molecule has 0 fully saturated rings. The maximum absolute atomic E-state index is 12.4. The second-order valence-electron chi connectivity index (χ2n) is 7.64. The normalized spacial score (nSPS) is 10.7. The number of phenolic OH excluding ortho intramolecular Hbond substituents is 1. The standard InChI is InChI=1S/C25H22N4O3S2/c26-23(33)17-9-4-8-16(12-17)14-29-18-10-5-11-19(30)20(18)21(22(29)24(31)32)28-25(34)27-13-15-6-2-1-3-7-15/h1-12,30H,13-14H2,(H2,26,33)(H,31,32)(H2,27,28,34). The van der Waals surface area contributed by atoms with Gasteiger partial charge in [0.25, 0.3) is 0 Å². The lowest BCUT2D eigenvalue weighted by Crippen LogP contribution is -2.28. The van der Waals surface area contributed by atoms with Crippen LogP contribution in [0, 0.1) is 0 Å². The number of nitrogens with one attached hydrogen (secondary N) is 2. The molecule has 0 aliphatic carbocycles. The van der Waals surface area contributed by atoms with Crippen LogP contribution < -0.4 is 16.4 Å². The second kappa shape index (κ2) is 9.90. The summed E-state index contributed by atoms with van der Waals surface area (Å²) in [5.74, 6) is -1.21. The number of aromatic nitrogens is 1. The van der Waals surface area contributed by atoms with Gasteiger partial charge in [-0.1, -0.05) is 66.8 Å². The van der Waals surface area contributed by atoms with Crippen LogP contribution in [0.15, 0.2) is 72.8 Å². The molecular formula is C25H22N4O3S2. The summed E-state index contributed by atoms with van der Waals surface area (Å²) in [6.45, 7) is 0.690. The SMILES string of the molecule is NC(=S)c1cccc(Cn2c(C(=O)O)c(NC(=S)NCc3ccccc3)c3c(O)cccc32)c1. The minimum atomic E-state index is -1.16. The molecule has 1 heterocycles. The second-order valence-corrected chi connectivity index (χ2v) is 8.49. The van der Waals surface area contributed by atoms with Crippen LogP contribution in [-0.4, -0.2) is 30.9 Å². The van der Waals surface area contributed by atoms with E-state index < -0.39 is 5.97 Å². The van der Waals surface area contributed by atoms with Gasteiger partial charge < -0.3 is 31.1 Å². The molecule has 0 spiro atoms. The Labute approximate surface area is 206 Å². The highest BCUT2D eigenvalue weighted by Crippen LogP contribution is 2.37. The Balaban J connectivity index is 1.74. The number of aromatic hydroxyl groups is 1. The van der Waals surface area contributed by atoms with Gasteiger partial charge in [-0.05, 0) is 41.5 Å². The van der Waals surface area contributed by atoms with Crippen LogP contribution >= 0.6 is 24.4 Å². The van der Waals surface area contributed by atoms with Crippen molar-refractivity contribution in [3.8, 4) is 5.75 Å². The summed E-state index contributed by atoms with van der Waals surface area (Å²) in [4.78, 5) is 12.7. The molecule has 0 bridgehead atoms. The van der Waals surface area contributed by atoms with E-state index >= 15 is 0 Å². The third kappa shape index (κ3) is 4.85. The van der Waals surface area contributed by atoms with E-state index in [-0.39, 0.29) is 33.8 Å². The first-order valence-corrected chi connectivity index (χ1v) is 11.2. The third-order valence-corrected chi connectivity index (χ3v) is 5.84. The Hall–Kier alpha value is -3.95. The molecule has 34 heavy (non-hydrogen) atoms. The van der Waals surface area contributed by atoms with Gasteiger partial charge in [-0.3, -0.25) is 0 Å². The summed E-state index contributed by atoms with van der Waals surface area (Å²) < 4.78 is 1.62. The lowest BCUT2D eigenvalue weighted by atomic mass is 10.1. The number of carbonyl (C=O) groups is 1. The maximum Gasteiger partial charge on any atom is 0.354 e. The van der Waals surface area contributed by atoms with Crippen LogP contribution in [0.25, 0.3) is 10.9 Å². The quantitative estimate of drug-likeness (QED) is 0.245. The fourth-order valence-corrected chi connectivity index (χ4v) is 4.13. The van der Waals surface area contributed by atoms with E-state index in [0.29, 0.717) is 23.0 Å². The summed E-state index contributed by atoms with van der Waals surface area (Å²) in [5.41, 5.74) is 9.02.